The fourth-order valence-corrected chi connectivity index (χ4v) is 6.85. The molecule has 0 N–H and O–H groups in total. The van der Waals surface area contributed by atoms with Crippen LogP contribution < -0.4 is 0 Å². The van der Waals surface area contributed by atoms with Crippen LogP contribution in [-0.2, 0) is 4.74 Å². The maximum absolute atomic E-state index is 12.8. The van der Waals surface area contributed by atoms with Crippen molar-refractivity contribution in [2.45, 2.75) is 161 Å². The van der Waals surface area contributed by atoms with Gasteiger partial charge in [-0.25, -0.2) is 4.79 Å². The second-order valence-electron chi connectivity index (χ2n) is 12.6. The van der Waals surface area contributed by atoms with Crippen LogP contribution in [0, 0.1) is 22.7 Å². The Kier molecular flexibility index (Phi) is 13.7. The van der Waals surface area contributed by atoms with Gasteiger partial charge in [0.1, 0.15) is 6.10 Å². The first-order chi connectivity index (χ1) is 18.6. The normalized spacial score (nSPS) is 25.6. The van der Waals surface area contributed by atoms with Crippen LogP contribution >= 0.6 is 0 Å². The van der Waals surface area contributed by atoms with Crippen molar-refractivity contribution in [1.82, 2.24) is 0 Å². The Morgan fingerprint density at radius 3 is 2.00 bits per heavy atom. The smallest absolute Gasteiger partial charge is 0.338 e. The van der Waals surface area contributed by atoms with Gasteiger partial charge in [0, 0.05) is 0 Å². The van der Waals surface area contributed by atoms with Gasteiger partial charge in [0.25, 0.3) is 0 Å². The van der Waals surface area contributed by atoms with Gasteiger partial charge in [-0.1, -0.05) is 103 Å². The van der Waals surface area contributed by atoms with Crippen LogP contribution in [0.3, 0.4) is 0 Å². The van der Waals surface area contributed by atoms with Gasteiger partial charge in [0.2, 0.25) is 0 Å². The summed E-state index contributed by atoms with van der Waals surface area (Å²) in [7, 11) is 0. The zero-order chi connectivity index (χ0) is 27.1. The van der Waals surface area contributed by atoms with Gasteiger partial charge in [-0.2, -0.15) is 5.26 Å². The highest BCUT2D eigenvalue weighted by atomic mass is 16.5. The molecular formula is C35H55NO2. The van der Waals surface area contributed by atoms with Crippen molar-refractivity contribution in [2.24, 2.45) is 11.3 Å². The molecule has 0 aromatic heterocycles. The maximum Gasteiger partial charge on any atom is 0.338 e. The van der Waals surface area contributed by atoms with Gasteiger partial charge in [-0.05, 0) is 87.3 Å². The van der Waals surface area contributed by atoms with E-state index < -0.39 is 0 Å². The summed E-state index contributed by atoms with van der Waals surface area (Å²) in [4.78, 5) is 12.8. The molecule has 0 heterocycles. The first-order valence-corrected chi connectivity index (χ1v) is 16.3. The molecule has 3 nitrogen and oxygen atoms in total. The quantitative estimate of drug-likeness (QED) is 0.160. The molecule has 0 saturated heterocycles. The van der Waals surface area contributed by atoms with E-state index in [1.165, 1.54) is 102 Å². The average molecular weight is 522 g/mol. The molecule has 0 bridgehead atoms. The second-order valence-corrected chi connectivity index (χ2v) is 12.6. The van der Waals surface area contributed by atoms with Crippen molar-refractivity contribution >= 4 is 5.97 Å². The van der Waals surface area contributed by atoms with E-state index >= 15 is 0 Å². The van der Waals surface area contributed by atoms with Gasteiger partial charge >= 0.3 is 5.97 Å². The summed E-state index contributed by atoms with van der Waals surface area (Å²) in [5.41, 5.74) is 1.85. The number of unbranched alkanes of at least 4 members (excludes halogenated alkanes) is 9. The highest BCUT2D eigenvalue weighted by Crippen LogP contribution is 2.41. The van der Waals surface area contributed by atoms with Crippen LogP contribution in [0.4, 0.5) is 0 Å². The lowest BCUT2D eigenvalue weighted by Gasteiger charge is -2.34. The summed E-state index contributed by atoms with van der Waals surface area (Å²) in [6.45, 7) is 4.52. The lowest BCUT2D eigenvalue weighted by molar-refractivity contribution is 0.0105. The first-order valence-electron chi connectivity index (χ1n) is 16.3. The summed E-state index contributed by atoms with van der Waals surface area (Å²) in [5.74, 6) is 1.36. The largest absolute Gasteiger partial charge is 0.459 e. The molecule has 212 valence electrons. The predicted octanol–water partition coefficient (Wildman–Crippen LogP) is 10.7. The fraction of sp³-hybridized carbons (Fsp3) is 0.771. The third-order valence-electron chi connectivity index (χ3n) is 9.59. The molecule has 0 atom stereocenters. The van der Waals surface area contributed by atoms with Crippen molar-refractivity contribution in [2.75, 3.05) is 0 Å². The van der Waals surface area contributed by atoms with Crippen molar-refractivity contribution in [1.29, 1.82) is 5.26 Å². The van der Waals surface area contributed by atoms with Gasteiger partial charge in [-0.3, -0.25) is 0 Å². The second kappa shape index (κ2) is 17.0. The summed E-state index contributed by atoms with van der Waals surface area (Å²) in [6.07, 6.45) is 25.5. The zero-order valence-corrected chi connectivity index (χ0v) is 24.7. The minimum Gasteiger partial charge on any atom is -0.459 e. The number of nitrogens with zero attached hydrogens (tertiary/aromatic N) is 1. The lowest BCUT2D eigenvalue weighted by atomic mass is 9.71. The molecule has 0 spiro atoms. The lowest BCUT2D eigenvalue weighted by Crippen LogP contribution is -2.31. The number of benzene rings is 1. The van der Waals surface area contributed by atoms with E-state index in [0.717, 1.165) is 44.4 Å². The maximum atomic E-state index is 12.8. The van der Waals surface area contributed by atoms with Crippen LogP contribution in [-0.4, -0.2) is 12.1 Å². The standard InChI is InChI=1S/C35H55NO2/c1-3-5-7-9-10-12-14-29-15-17-30(18-16-29)31-19-21-32(22-20-31)34(37)38-33-23-26-35(28-36,27-24-33)25-13-11-8-6-4-2/h19-22,29-30,33H,3-18,23-27H2,1-2H3/t29-,30-,33?,35?. The summed E-state index contributed by atoms with van der Waals surface area (Å²) in [5, 5.41) is 9.85. The molecule has 0 aliphatic heterocycles. The first kappa shape index (κ1) is 30.7. The van der Waals surface area contributed by atoms with E-state index in [0.29, 0.717) is 11.5 Å². The van der Waals surface area contributed by atoms with Crippen LogP contribution in [0.25, 0.3) is 0 Å². The minimum atomic E-state index is -0.204. The van der Waals surface area contributed by atoms with Crippen LogP contribution in [0.1, 0.15) is 171 Å². The van der Waals surface area contributed by atoms with E-state index in [1.54, 1.807) is 0 Å². The molecular weight excluding hydrogens is 466 g/mol. The SMILES string of the molecule is CCCCCCCC[C@H]1CC[C@H](c2ccc(C(=O)OC3CCC(C#N)(CCCCCCC)CC3)cc2)CC1. The molecule has 1 aromatic carbocycles. The Morgan fingerprint density at radius 2 is 1.39 bits per heavy atom. The van der Waals surface area contributed by atoms with Crippen LogP contribution in [0.5, 0.6) is 0 Å². The molecule has 3 rings (SSSR count). The molecule has 2 fully saturated rings. The highest BCUT2D eigenvalue weighted by molar-refractivity contribution is 5.89. The monoisotopic (exact) mass is 521 g/mol. The fourth-order valence-electron chi connectivity index (χ4n) is 6.85. The molecule has 3 heteroatoms. The number of carbonyl (C=O) groups excluding carboxylic acids is 1. The van der Waals surface area contributed by atoms with Crippen LogP contribution in [0.2, 0.25) is 0 Å². The number of hydrogen-bond donors (Lipinski definition) is 0. The van der Waals surface area contributed by atoms with Gasteiger partial charge in [0.15, 0.2) is 0 Å². The Balaban J connectivity index is 1.35. The van der Waals surface area contributed by atoms with Crippen LogP contribution in [0.15, 0.2) is 24.3 Å². The van der Waals surface area contributed by atoms with Gasteiger partial charge in [-0.15, -0.1) is 0 Å². The third-order valence-corrected chi connectivity index (χ3v) is 9.59. The van der Waals surface area contributed by atoms with Crippen molar-refractivity contribution in [3.8, 4) is 6.07 Å². The molecule has 0 radical (unpaired) electrons. The molecule has 0 amide bonds. The van der Waals surface area contributed by atoms with Gasteiger partial charge in [0.05, 0.1) is 17.0 Å². The van der Waals surface area contributed by atoms with E-state index in [2.05, 4.69) is 32.0 Å². The number of ether oxygens (including phenoxy) is 1. The number of esters is 1. The van der Waals surface area contributed by atoms with Crippen molar-refractivity contribution < 1.29 is 9.53 Å². The van der Waals surface area contributed by atoms with E-state index in [-0.39, 0.29) is 17.5 Å². The molecule has 38 heavy (non-hydrogen) atoms. The number of carbonyl (C=O) groups is 1. The Morgan fingerprint density at radius 1 is 0.816 bits per heavy atom. The molecule has 0 unspecified atom stereocenters. The minimum absolute atomic E-state index is 0.0503. The topological polar surface area (TPSA) is 50.1 Å². The van der Waals surface area contributed by atoms with E-state index in [9.17, 15) is 10.1 Å². The Labute approximate surface area is 234 Å². The van der Waals surface area contributed by atoms with Crippen molar-refractivity contribution in [3.63, 3.8) is 0 Å². The molecule has 2 aliphatic rings. The third kappa shape index (κ3) is 10.1. The summed E-state index contributed by atoms with van der Waals surface area (Å²) < 4.78 is 5.89. The summed E-state index contributed by atoms with van der Waals surface area (Å²) in [6, 6.07) is 10.9. The molecule has 2 saturated carbocycles. The number of nitriles is 1. The van der Waals surface area contributed by atoms with E-state index in [4.69, 9.17) is 4.74 Å². The highest BCUT2D eigenvalue weighted by Gasteiger charge is 2.36. The van der Waals surface area contributed by atoms with Gasteiger partial charge < -0.3 is 4.74 Å². The Bertz CT molecular complexity index is 822. The average Bonchev–Trinajstić information content (AvgIpc) is 2.96. The van der Waals surface area contributed by atoms with Crippen molar-refractivity contribution in [3.05, 3.63) is 35.4 Å². The predicted molar refractivity (Wildman–Crippen MR) is 158 cm³/mol. The summed E-state index contributed by atoms with van der Waals surface area (Å²) >= 11 is 0. The Hall–Kier alpha value is -1.82. The number of rotatable bonds is 16. The molecule has 1 aromatic rings. The number of hydrogen-bond acceptors (Lipinski definition) is 3. The molecule has 2 aliphatic carbocycles. The zero-order valence-electron chi connectivity index (χ0n) is 24.7. The van der Waals surface area contributed by atoms with E-state index in [1.807, 2.05) is 12.1 Å².